The smallest absolute Gasteiger partial charge is 0.316 e. The van der Waals surface area contributed by atoms with Gasteiger partial charge in [0.15, 0.2) is 0 Å². The molecule has 0 aliphatic heterocycles. The quantitative estimate of drug-likeness (QED) is 0.210. The molecule has 1 fully saturated rings. The van der Waals surface area contributed by atoms with Gasteiger partial charge in [-0.15, -0.1) is 12.1 Å². The number of rotatable bonds is 4. The summed E-state index contributed by atoms with van der Waals surface area (Å²) in [6.07, 6.45) is 4.43. The second kappa shape index (κ2) is 9.51. The minimum Gasteiger partial charge on any atom is -0.316 e. The second-order valence-corrected chi connectivity index (χ2v) is 9.24. The number of hydrogen-bond donors (Lipinski definition) is 0. The summed E-state index contributed by atoms with van der Waals surface area (Å²) >= 11 is 0. The number of aryl methyl sites for hydroxylation is 2. The van der Waals surface area contributed by atoms with E-state index in [-0.39, 0.29) is 26.5 Å². The second-order valence-electron chi connectivity index (χ2n) is 9.24. The molecule has 3 heterocycles. The van der Waals surface area contributed by atoms with E-state index in [1.165, 1.54) is 18.2 Å². The molecule has 3 aromatic heterocycles. The Balaban J connectivity index is 0.00000253. The monoisotopic (exact) mass is 637 g/mol. The Morgan fingerprint density at radius 2 is 1.69 bits per heavy atom. The van der Waals surface area contributed by atoms with Gasteiger partial charge < -0.3 is 4.98 Å². The van der Waals surface area contributed by atoms with E-state index >= 15 is 0 Å². The Morgan fingerprint density at radius 1 is 0.886 bits per heavy atom. The summed E-state index contributed by atoms with van der Waals surface area (Å²) in [5.41, 5.74) is 7.87. The van der Waals surface area contributed by atoms with Crippen molar-refractivity contribution in [1.82, 2.24) is 19.7 Å². The number of pyridine rings is 2. The van der Waals surface area contributed by atoms with Gasteiger partial charge in [-0.1, -0.05) is 43.2 Å². The Morgan fingerprint density at radius 3 is 2.46 bits per heavy atom. The van der Waals surface area contributed by atoms with Crippen LogP contribution in [0.5, 0.6) is 0 Å². The average molecular weight is 638 g/mol. The maximum Gasteiger partial charge on any atom is 2.00 e. The van der Waals surface area contributed by atoms with Crippen LogP contribution < -0.4 is 0 Å². The van der Waals surface area contributed by atoms with Gasteiger partial charge in [0.05, 0.1) is 16.6 Å². The number of nitrogens with zero attached hydrogens (tertiary/aromatic N) is 4. The zero-order valence-electron chi connectivity index (χ0n) is 19.9. The molecule has 0 atom stereocenters. The third kappa shape index (κ3) is 4.15. The first-order chi connectivity index (χ1) is 16.6. The summed E-state index contributed by atoms with van der Waals surface area (Å²) in [7, 11) is 0. The number of hydrogen-bond acceptors (Lipinski definition) is 3. The van der Waals surface area contributed by atoms with Crippen LogP contribution in [0.15, 0.2) is 72.8 Å². The van der Waals surface area contributed by atoms with E-state index < -0.39 is 0 Å². The van der Waals surface area contributed by atoms with Gasteiger partial charge in [-0.3, -0.25) is 9.67 Å². The van der Waals surface area contributed by atoms with Crippen LogP contribution >= 0.6 is 0 Å². The summed E-state index contributed by atoms with van der Waals surface area (Å²) < 4.78 is 2.04. The molecule has 5 heteroatoms. The zero-order valence-corrected chi connectivity index (χ0v) is 22.1. The van der Waals surface area contributed by atoms with E-state index in [2.05, 4.69) is 71.7 Å². The van der Waals surface area contributed by atoms with Crippen molar-refractivity contribution >= 4 is 10.9 Å². The standard InChI is InChI=1S/C30H26N4.Pt/c1-21-19-23(20-22(2)31-21)26-14-10-16-28(32-26)30(17-8-9-18-30)29-25-13-6-7-15-27(25)34(33-29)24-11-4-3-5-12-24;/h3-7,10-11,13-16,19H,8-9,17-18H2,1-2H3;/q-2;+2. The van der Waals surface area contributed by atoms with Crippen LogP contribution in [0.4, 0.5) is 0 Å². The first-order valence-corrected chi connectivity index (χ1v) is 11.9. The van der Waals surface area contributed by atoms with Crippen LogP contribution in [-0.2, 0) is 26.5 Å². The fourth-order valence-electron chi connectivity index (χ4n) is 5.47. The van der Waals surface area contributed by atoms with Crippen molar-refractivity contribution in [3.8, 4) is 16.9 Å². The SMILES string of the molecule is Cc1[c-]c(-c2cccc(C3(c4nn(-c5[c-]cccc5)c5ccccc45)CCCC3)n2)cc(C)n1.[Pt+2]. The molecule has 0 unspecified atom stereocenters. The fraction of sp³-hybridized carbons (Fsp3) is 0.233. The van der Waals surface area contributed by atoms with Crippen LogP contribution in [0.3, 0.4) is 0 Å². The predicted molar refractivity (Wildman–Crippen MR) is 135 cm³/mol. The topological polar surface area (TPSA) is 43.6 Å². The Bertz CT molecular complexity index is 1460. The molecule has 2 aromatic carbocycles. The fourth-order valence-corrected chi connectivity index (χ4v) is 5.47. The van der Waals surface area contributed by atoms with Crippen LogP contribution in [0.1, 0.15) is 48.5 Å². The Kier molecular flexibility index (Phi) is 6.42. The molecule has 35 heavy (non-hydrogen) atoms. The van der Waals surface area contributed by atoms with Gasteiger partial charge in [0.2, 0.25) is 0 Å². The molecule has 4 nitrogen and oxygen atoms in total. The molecule has 0 amide bonds. The van der Waals surface area contributed by atoms with E-state index in [4.69, 9.17) is 10.1 Å². The van der Waals surface area contributed by atoms with Crippen molar-refractivity contribution in [2.75, 3.05) is 0 Å². The van der Waals surface area contributed by atoms with Gasteiger partial charge in [-0.05, 0) is 61.6 Å². The normalized spacial score (nSPS) is 14.7. The molecular formula is C30H26N4Pt. The van der Waals surface area contributed by atoms with Gasteiger partial charge in [0, 0.05) is 11.1 Å². The van der Waals surface area contributed by atoms with Crippen molar-refractivity contribution in [2.24, 2.45) is 0 Å². The van der Waals surface area contributed by atoms with E-state index in [9.17, 15) is 0 Å². The van der Waals surface area contributed by atoms with Gasteiger partial charge in [-0.25, -0.2) is 0 Å². The van der Waals surface area contributed by atoms with Crippen LogP contribution in [-0.4, -0.2) is 19.7 Å². The van der Waals surface area contributed by atoms with Gasteiger partial charge in [-0.2, -0.15) is 41.0 Å². The van der Waals surface area contributed by atoms with Gasteiger partial charge in [0.25, 0.3) is 0 Å². The zero-order chi connectivity index (χ0) is 23.1. The number of fused-ring (bicyclic) bond motifs is 1. The molecule has 0 N–H and O–H groups in total. The summed E-state index contributed by atoms with van der Waals surface area (Å²) in [6.45, 7) is 4.00. The maximum absolute atomic E-state index is 5.25. The largest absolute Gasteiger partial charge is 2.00 e. The first kappa shape index (κ1) is 23.6. The molecule has 0 bridgehead atoms. The summed E-state index contributed by atoms with van der Waals surface area (Å²) in [6, 6.07) is 31.8. The molecule has 0 radical (unpaired) electrons. The minimum absolute atomic E-state index is 0. The summed E-state index contributed by atoms with van der Waals surface area (Å²) in [5, 5.41) is 6.44. The van der Waals surface area contributed by atoms with Crippen LogP contribution in [0.2, 0.25) is 0 Å². The predicted octanol–water partition coefficient (Wildman–Crippen LogP) is 6.56. The van der Waals surface area contributed by atoms with E-state index in [1.807, 2.05) is 36.7 Å². The molecule has 1 saturated carbocycles. The minimum atomic E-state index is -0.216. The van der Waals surface area contributed by atoms with Crippen molar-refractivity contribution < 1.29 is 21.1 Å². The van der Waals surface area contributed by atoms with Gasteiger partial charge >= 0.3 is 21.1 Å². The van der Waals surface area contributed by atoms with Crippen molar-refractivity contribution in [2.45, 2.75) is 44.9 Å². The first-order valence-electron chi connectivity index (χ1n) is 11.9. The molecule has 176 valence electrons. The molecule has 0 saturated heterocycles. The van der Waals surface area contributed by atoms with Crippen LogP contribution in [0.25, 0.3) is 27.8 Å². The molecular weight excluding hydrogens is 611 g/mol. The van der Waals surface area contributed by atoms with Crippen molar-refractivity contribution in [3.05, 3.63) is 108 Å². The number of benzene rings is 2. The van der Waals surface area contributed by atoms with Crippen molar-refractivity contribution in [1.29, 1.82) is 0 Å². The third-order valence-corrected chi connectivity index (χ3v) is 6.95. The van der Waals surface area contributed by atoms with Gasteiger partial charge in [0.1, 0.15) is 0 Å². The average Bonchev–Trinajstić information content (AvgIpc) is 3.50. The van der Waals surface area contributed by atoms with E-state index in [1.54, 1.807) is 0 Å². The molecule has 5 aromatic rings. The Hall–Kier alpha value is -3.10. The molecule has 0 spiro atoms. The summed E-state index contributed by atoms with van der Waals surface area (Å²) in [4.78, 5) is 9.72. The number of aromatic nitrogens is 4. The third-order valence-electron chi connectivity index (χ3n) is 6.95. The van der Waals surface area contributed by atoms with E-state index in [0.29, 0.717) is 0 Å². The molecule has 1 aliphatic carbocycles. The summed E-state index contributed by atoms with van der Waals surface area (Å²) in [5.74, 6) is 0. The maximum atomic E-state index is 5.25. The molecule has 1 aliphatic rings. The number of para-hydroxylation sites is 2. The van der Waals surface area contributed by atoms with Crippen LogP contribution in [0, 0.1) is 26.0 Å². The van der Waals surface area contributed by atoms with Crippen molar-refractivity contribution in [3.63, 3.8) is 0 Å². The molecule has 6 rings (SSSR count). The Labute approximate surface area is 220 Å². The van der Waals surface area contributed by atoms with E-state index in [0.717, 1.165) is 58.1 Å².